The van der Waals surface area contributed by atoms with Crippen LogP contribution in [0.25, 0.3) is 0 Å². The molecule has 3 heteroatoms. The van der Waals surface area contributed by atoms with Gasteiger partial charge in [-0.1, -0.05) is 0 Å². The Kier molecular flexibility index (Phi) is 3.24. The van der Waals surface area contributed by atoms with Gasteiger partial charge in [-0.15, -0.1) is 11.3 Å². The zero-order valence-electron chi connectivity index (χ0n) is 9.20. The van der Waals surface area contributed by atoms with E-state index in [0.29, 0.717) is 6.04 Å². The zero-order chi connectivity index (χ0) is 10.8. The fourth-order valence-corrected chi connectivity index (χ4v) is 3.61. The topological polar surface area (TPSA) is 12.0 Å². The molecule has 2 heterocycles. The lowest BCUT2D eigenvalue weighted by Gasteiger charge is -2.14. The molecule has 15 heavy (non-hydrogen) atoms. The van der Waals surface area contributed by atoms with Crippen LogP contribution in [0.1, 0.15) is 26.9 Å². The summed E-state index contributed by atoms with van der Waals surface area (Å²) in [4.78, 5) is 2.77. The Bertz CT molecular complexity index is 442. The number of aryl methyl sites for hydroxylation is 2. The standard InChI is InChI=1S/C12H15NS2/c1-8-6-14-7-10(8)12(13-3)11-5-4-9(2)15-11/h4-7,12-13H,1-3H3. The molecule has 80 valence electrons. The second-order valence-electron chi connectivity index (χ2n) is 3.68. The molecule has 0 aromatic carbocycles. The van der Waals surface area contributed by atoms with Crippen molar-refractivity contribution in [2.45, 2.75) is 19.9 Å². The normalized spacial score (nSPS) is 13.0. The Balaban J connectivity index is 2.36. The van der Waals surface area contributed by atoms with E-state index in [0.717, 1.165) is 0 Å². The molecule has 0 aliphatic rings. The minimum absolute atomic E-state index is 0.356. The van der Waals surface area contributed by atoms with Crippen molar-refractivity contribution < 1.29 is 0 Å². The lowest BCUT2D eigenvalue weighted by Crippen LogP contribution is -2.16. The quantitative estimate of drug-likeness (QED) is 0.857. The largest absolute Gasteiger partial charge is 0.309 e. The molecular formula is C12H15NS2. The predicted octanol–water partition coefficient (Wildman–Crippen LogP) is 3.74. The maximum Gasteiger partial charge on any atom is 0.0679 e. The first-order valence-electron chi connectivity index (χ1n) is 4.98. The van der Waals surface area contributed by atoms with Crippen molar-refractivity contribution in [2.75, 3.05) is 7.05 Å². The van der Waals surface area contributed by atoms with E-state index in [1.165, 1.54) is 20.9 Å². The second-order valence-corrected chi connectivity index (χ2v) is 5.74. The van der Waals surface area contributed by atoms with E-state index in [4.69, 9.17) is 0 Å². The van der Waals surface area contributed by atoms with Gasteiger partial charge in [0.2, 0.25) is 0 Å². The van der Waals surface area contributed by atoms with E-state index in [-0.39, 0.29) is 0 Å². The van der Waals surface area contributed by atoms with Gasteiger partial charge in [0.15, 0.2) is 0 Å². The van der Waals surface area contributed by atoms with Crippen molar-refractivity contribution in [3.05, 3.63) is 43.8 Å². The average Bonchev–Trinajstić information content (AvgIpc) is 2.79. The first-order chi connectivity index (χ1) is 7.22. The number of rotatable bonds is 3. The summed E-state index contributed by atoms with van der Waals surface area (Å²) in [6.45, 7) is 4.33. The summed E-state index contributed by atoms with van der Waals surface area (Å²) in [7, 11) is 2.02. The van der Waals surface area contributed by atoms with E-state index in [9.17, 15) is 0 Å². The lowest BCUT2D eigenvalue weighted by atomic mass is 10.1. The number of hydrogen-bond donors (Lipinski definition) is 1. The van der Waals surface area contributed by atoms with Gasteiger partial charge in [-0.25, -0.2) is 0 Å². The molecule has 1 unspecified atom stereocenters. The molecule has 2 aromatic heterocycles. The highest BCUT2D eigenvalue weighted by atomic mass is 32.1. The van der Waals surface area contributed by atoms with E-state index in [2.05, 4.69) is 42.1 Å². The van der Waals surface area contributed by atoms with Crippen LogP contribution in [0.3, 0.4) is 0 Å². The highest BCUT2D eigenvalue weighted by Gasteiger charge is 2.16. The summed E-state index contributed by atoms with van der Waals surface area (Å²) in [5, 5.41) is 7.84. The third-order valence-electron chi connectivity index (χ3n) is 2.54. The molecule has 0 amide bonds. The molecule has 0 aliphatic heterocycles. The van der Waals surface area contributed by atoms with Crippen LogP contribution in [0.2, 0.25) is 0 Å². The fourth-order valence-electron chi connectivity index (χ4n) is 1.73. The van der Waals surface area contributed by atoms with Crippen molar-refractivity contribution in [3.63, 3.8) is 0 Å². The molecule has 0 saturated carbocycles. The van der Waals surface area contributed by atoms with E-state index in [1.807, 2.05) is 18.4 Å². The van der Waals surface area contributed by atoms with Gasteiger partial charge in [-0.2, -0.15) is 11.3 Å². The van der Waals surface area contributed by atoms with Gasteiger partial charge in [0.1, 0.15) is 0 Å². The van der Waals surface area contributed by atoms with Crippen LogP contribution in [-0.2, 0) is 0 Å². The molecule has 1 atom stereocenters. The average molecular weight is 237 g/mol. The Labute approximate surface area is 98.8 Å². The summed E-state index contributed by atoms with van der Waals surface area (Å²) in [5.41, 5.74) is 2.79. The van der Waals surface area contributed by atoms with E-state index in [1.54, 1.807) is 11.3 Å². The van der Waals surface area contributed by atoms with Crippen LogP contribution in [0, 0.1) is 13.8 Å². The summed E-state index contributed by atoms with van der Waals surface area (Å²) < 4.78 is 0. The van der Waals surface area contributed by atoms with Crippen LogP contribution in [0.15, 0.2) is 22.9 Å². The smallest absolute Gasteiger partial charge is 0.0679 e. The molecule has 2 aromatic rings. The van der Waals surface area contributed by atoms with Gasteiger partial charge in [0.25, 0.3) is 0 Å². The van der Waals surface area contributed by atoms with E-state index >= 15 is 0 Å². The Hall–Kier alpha value is -0.640. The fraction of sp³-hybridized carbons (Fsp3) is 0.333. The Morgan fingerprint density at radius 2 is 2.00 bits per heavy atom. The first kappa shape index (κ1) is 10.9. The molecule has 0 saturated heterocycles. The third-order valence-corrected chi connectivity index (χ3v) is 4.49. The lowest BCUT2D eigenvalue weighted by molar-refractivity contribution is 0.702. The predicted molar refractivity (Wildman–Crippen MR) is 69.0 cm³/mol. The van der Waals surface area contributed by atoms with Crippen molar-refractivity contribution in [2.24, 2.45) is 0 Å². The molecule has 1 N–H and O–H groups in total. The van der Waals surface area contributed by atoms with Crippen molar-refractivity contribution in [1.82, 2.24) is 5.32 Å². The van der Waals surface area contributed by atoms with Crippen molar-refractivity contribution >= 4 is 22.7 Å². The molecule has 2 rings (SSSR count). The number of hydrogen-bond acceptors (Lipinski definition) is 3. The molecule has 1 nitrogen and oxygen atoms in total. The van der Waals surface area contributed by atoms with Crippen molar-refractivity contribution in [3.8, 4) is 0 Å². The molecule has 0 bridgehead atoms. The van der Waals surface area contributed by atoms with Gasteiger partial charge in [0, 0.05) is 9.75 Å². The van der Waals surface area contributed by atoms with Gasteiger partial charge in [-0.05, 0) is 54.9 Å². The van der Waals surface area contributed by atoms with Crippen LogP contribution < -0.4 is 5.32 Å². The summed E-state index contributed by atoms with van der Waals surface area (Å²) in [5.74, 6) is 0. The molecule has 0 spiro atoms. The molecule has 0 aliphatic carbocycles. The first-order valence-corrected chi connectivity index (χ1v) is 6.74. The van der Waals surface area contributed by atoms with Gasteiger partial charge >= 0.3 is 0 Å². The molecule has 0 fully saturated rings. The van der Waals surface area contributed by atoms with E-state index < -0.39 is 0 Å². The van der Waals surface area contributed by atoms with Crippen molar-refractivity contribution in [1.29, 1.82) is 0 Å². The minimum Gasteiger partial charge on any atom is -0.309 e. The number of thiophene rings is 2. The SMILES string of the molecule is CNC(c1ccc(C)s1)c1cscc1C. The van der Waals surface area contributed by atoms with Crippen LogP contribution in [0.5, 0.6) is 0 Å². The Morgan fingerprint density at radius 1 is 1.20 bits per heavy atom. The maximum atomic E-state index is 3.39. The summed E-state index contributed by atoms with van der Waals surface area (Å²) in [6.07, 6.45) is 0. The monoisotopic (exact) mass is 237 g/mol. The van der Waals surface area contributed by atoms with Crippen LogP contribution in [-0.4, -0.2) is 7.05 Å². The van der Waals surface area contributed by atoms with Gasteiger partial charge in [0.05, 0.1) is 6.04 Å². The third kappa shape index (κ3) is 2.14. The minimum atomic E-state index is 0.356. The Morgan fingerprint density at radius 3 is 2.47 bits per heavy atom. The highest BCUT2D eigenvalue weighted by molar-refractivity contribution is 7.12. The van der Waals surface area contributed by atoms with Gasteiger partial charge in [-0.3, -0.25) is 0 Å². The highest BCUT2D eigenvalue weighted by Crippen LogP contribution is 2.31. The van der Waals surface area contributed by atoms with Gasteiger partial charge < -0.3 is 5.32 Å². The van der Waals surface area contributed by atoms with Crippen LogP contribution in [0.4, 0.5) is 0 Å². The number of nitrogens with one attached hydrogen (secondary N) is 1. The second kappa shape index (κ2) is 4.47. The summed E-state index contributed by atoms with van der Waals surface area (Å²) >= 11 is 3.65. The summed E-state index contributed by atoms with van der Waals surface area (Å²) in [6, 6.07) is 4.76. The zero-order valence-corrected chi connectivity index (χ0v) is 10.8. The molecule has 0 radical (unpaired) electrons. The van der Waals surface area contributed by atoms with Crippen LogP contribution >= 0.6 is 22.7 Å². The molecular weight excluding hydrogens is 222 g/mol. The maximum absolute atomic E-state index is 3.39.